The molecule has 1 heterocycles. The summed E-state index contributed by atoms with van der Waals surface area (Å²) in [5, 5.41) is 5.23. The second-order valence-electron chi connectivity index (χ2n) is 18.8. The SMILES string of the molecule is CCCCOC(=O)[C@@H]1CCCN1C(=O)[C@H](CC(C)C)NC(=O)[C@H](C)C(=O)[C@@H](OC(=O)C[C@H](CC(C)(C)[Si](C)(C)O)[C@H](NC(=O)OC(C)(C)C)[C@@H](C)CC)C(C)C. The Labute approximate surface area is 338 Å². The third kappa shape index (κ3) is 16.1. The number of ether oxygens (including phenoxy) is 3. The Kier molecular flexibility index (Phi) is 20.3. The molecule has 14 heteroatoms. The molecule has 0 unspecified atom stereocenters. The van der Waals surface area contributed by atoms with Crippen LogP contribution < -0.4 is 10.6 Å². The zero-order valence-electron chi connectivity index (χ0n) is 37.3. The molecule has 1 fully saturated rings. The van der Waals surface area contributed by atoms with Gasteiger partial charge in [0.2, 0.25) is 11.8 Å². The van der Waals surface area contributed by atoms with Crippen molar-refractivity contribution in [3.8, 4) is 0 Å². The van der Waals surface area contributed by atoms with Gasteiger partial charge in [0.05, 0.1) is 18.9 Å². The monoisotopic (exact) mass is 812 g/mol. The highest BCUT2D eigenvalue weighted by atomic mass is 28.4. The zero-order chi connectivity index (χ0) is 43.3. The lowest BCUT2D eigenvalue weighted by atomic mass is 9.80. The van der Waals surface area contributed by atoms with Crippen LogP contribution in [-0.4, -0.2) is 96.6 Å². The van der Waals surface area contributed by atoms with E-state index in [-0.39, 0.29) is 24.9 Å². The van der Waals surface area contributed by atoms with Crippen LogP contribution in [0.3, 0.4) is 0 Å². The minimum Gasteiger partial charge on any atom is -0.464 e. The van der Waals surface area contributed by atoms with E-state index in [9.17, 15) is 33.6 Å². The Morgan fingerprint density at radius 1 is 0.929 bits per heavy atom. The van der Waals surface area contributed by atoms with Gasteiger partial charge in [-0.15, -0.1) is 0 Å². The van der Waals surface area contributed by atoms with Crippen LogP contribution in [0.2, 0.25) is 18.1 Å². The molecular formula is C42H77N3O10Si. The maximum atomic E-state index is 14.0. The largest absolute Gasteiger partial charge is 0.464 e. The lowest BCUT2D eigenvalue weighted by Gasteiger charge is -2.41. The average Bonchev–Trinajstić information content (AvgIpc) is 3.56. The van der Waals surface area contributed by atoms with Gasteiger partial charge >= 0.3 is 18.0 Å². The van der Waals surface area contributed by atoms with Crippen LogP contribution in [0.4, 0.5) is 4.79 Å². The minimum atomic E-state index is -2.77. The summed E-state index contributed by atoms with van der Waals surface area (Å²) in [6.07, 6.45) is 2.04. The Bertz CT molecular complexity index is 1320. The topological polar surface area (TPSA) is 178 Å². The van der Waals surface area contributed by atoms with Crippen molar-refractivity contribution in [1.82, 2.24) is 15.5 Å². The molecule has 324 valence electrons. The standard InChI is InChI=1S/C42H77N3O10Si/c1-16-18-22-53-39(50)32-20-19-21-45(32)38(49)31(23-26(3)4)43-37(48)29(8)35(47)36(27(5)6)54-33(46)24-30(25-42(12,13)56(14,15)52)34(28(7)17-2)44-40(51)55-41(9,10)11/h26-32,34,36,52H,16-25H2,1-15H3,(H,43,48)(H,44,51)/t28-,29+,30+,31-,32-,34+,36-/m0/s1. The van der Waals surface area contributed by atoms with Crippen LogP contribution >= 0.6 is 0 Å². The quantitative estimate of drug-likeness (QED) is 0.0341. The van der Waals surface area contributed by atoms with Gasteiger partial charge in [0.15, 0.2) is 20.2 Å². The number of ketones is 1. The van der Waals surface area contributed by atoms with Gasteiger partial charge in [-0.05, 0) is 102 Å². The Morgan fingerprint density at radius 2 is 1.54 bits per heavy atom. The van der Waals surface area contributed by atoms with E-state index < -0.39 is 96.6 Å². The maximum absolute atomic E-state index is 14.0. The molecule has 56 heavy (non-hydrogen) atoms. The molecule has 13 nitrogen and oxygen atoms in total. The molecular weight excluding hydrogens is 735 g/mol. The molecule has 1 rings (SSSR count). The van der Waals surface area contributed by atoms with Crippen molar-refractivity contribution in [2.75, 3.05) is 13.2 Å². The number of carbonyl (C=O) groups is 6. The van der Waals surface area contributed by atoms with Gasteiger partial charge in [0.25, 0.3) is 0 Å². The Morgan fingerprint density at radius 3 is 2.04 bits per heavy atom. The zero-order valence-corrected chi connectivity index (χ0v) is 38.3. The highest BCUT2D eigenvalue weighted by Gasteiger charge is 2.44. The number of likely N-dealkylation sites (tertiary alicyclic amines) is 1. The number of esters is 2. The number of alkyl carbamates (subject to hydrolysis) is 1. The smallest absolute Gasteiger partial charge is 0.407 e. The molecule has 3 N–H and O–H groups in total. The van der Waals surface area contributed by atoms with E-state index in [1.807, 2.05) is 61.6 Å². The maximum Gasteiger partial charge on any atom is 0.407 e. The fourth-order valence-corrected chi connectivity index (χ4v) is 7.60. The third-order valence-electron chi connectivity index (χ3n) is 11.1. The van der Waals surface area contributed by atoms with Crippen molar-refractivity contribution >= 4 is 43.9 Å². The second-order valence-corrected chi connectivity index (χ2v) is 23.3. The summed E-state index contributed by atoms with van der Waals surface area (Å²) in [5.41, 5.74) is -0.744. The van der Waals surface area contributed by atoms with Crippen LogP contribution in [0.5, 0.6) is 0 Å². The fraction of sp³-hybridized carbons (Fsp3) is 0.857. The Hall–Kier alpha value is -3.00. The van der Waals surface area contributed by atoms with Gasteiger partial charge in [0, 0.05) is 12.6 Å². The van der Waals surface area contributed by atoms with E-state index in [4.69, 9.17) is 14.2 Å². The van der Waals surface area contributed by atoms with Crippen molar-refractivity contribution in [2.45, 2.75) is 189 Å². The summed E-state index contributed by atoms with van der Waals surface area (Å²) in [6.45, 7) is 28.2. The first-order chi connectivity index (χ1) is 25.7. The van der Waals surface area contributed by atoms with Crippen molar-refractivity contribution < 1.29 is 47.8 Å². The molecule has 1 aliphatic heterocycles. The fourth-order valence-electron chi connectivity index (χ4n) is 6.83. The van der Waals surface area contributed by atoms with Crippen LogP contribution in [0.1, 0.15) is 141 Å². The summed E-state index contributed by atoms with van der Waals surface area (Å²) in [5.74, 6) is -5.08. The van der Waals surface area contributed by atoms with Crippen molar-refractivity contribution in [3.63, 3.8) is 0 Å². The number of nitrogens with one attached hydrogen (secondary N) is 2. The summed E-state index contributed by atoms with van der Waals surface area (Å²) >= 11 is 0. The normalized spacial score (nSPS) is 18.4. The molecule has 0 spiro atoms. The van der Waals surface area contributed by atoms with Crippen LogP contribution in [0, 0.1) is 29.6 Å². The van der Waals surface area contributed by atoms with Gasteiger partial charge in [0.1, 0.15) is 17.7 Å². The summed E-state index contributed by atoms with van der Waals surface area (Å²) < 4.78 is 16.9. The highest BCUT2D eigenvalue weighted by Crippen LogP contribution is 2.44. The number of carbonyl (C=O) groups excluding carboxylic acids is 6. The molecule has 1 aliphatic rings. The molecule has 0 aromatic carbocycles. The van der Waals surface area contributed by atoms with E-state index in [1.54, 1.807) is 34.6 Å². The first-order valence-corrected chi connectivity index (χ1v) is 23.8. The van der Waals surface area contributed by atoms with Crippen LogP contribution in [0.15, 0.2) is 0 Å². The first kappa shape index (κ1) is 51.0. The number of unbranched alkanes of at least 4 members (excludes halogenated alkanes) is 1. The predicted molar refractivity (Wildman–Crippen MR) is 220 cm³/mol. The van der Waals surface area contributed by atoms with E-state index in [2.05, 4.69) is 10.6 Å². The predicted octanol–water partition coefficient (Wildman–Crippen LogP) is 6.94. The molecule has 0 aromatic heterocycles. The third-order valence-corrected chi connectivity index (χ3v) is 14.7. The molecule has 0 aromatic rings. The molecule has 7 atom stereocenters. The summed E-state index contributed by atoms with van der Waals surface area (Å²) in [4.78, 5) is 94.1. The lowest BCUT2D eigenvalue weighted by Crippen LogP contribution is -2.54. The lowest BCUT2D eigenvalue weighted by molar-refractivity contribution is -0.161. The number of Topliss-reactive ketones (excluding diaryl/α,β-unsaturated/α-hetero) is 1. The second kappa shape index (κ2) is 22.2. The van der Waals surface area contributed by atoms with E-state index in [0.717, 1.165) is 12.8 Å². The first-order valence-electron chi connectivity index (χ1n) is 20.9. The summed E-state index contributed by atoms with van der Waals surface area (Å²) in [7, 11) is -2.77. The highest BCUT2D eigenvalue weighted by molar-refractivity contribution is 6.72. The molecule has 0 saturated carbocycles. The van der Waals surface area contributed by atoms with Gasteiger partial charge in [-0.1, -0.05) is 75.2 Å². The van der Waals surface area contributed by atoms with Gasteiger partial charge in [-0.2, -0.15) is 0 Å². The number of rotatable bonds is 22. The van der Waals surface area contributed by atoms with E-state index >= 15 is 0 Å². The average molecular weight is 812 g/mol. The molecule has 0 aliphatic carbocycles. The Balaban J connectivity index is 3.32. The van der Waals surface area contributed by atoms with E-state index in [1.165, 1.54) is 11.8 Å². The van der Waals surface area contributed by atoms with Crippen molar-refractivity contribution in [3.05, 3.63) is 0 Å². The number of hydrogen-bond donors (Lipinski definition) is 3. The molecule has 0 bridgehead atoms. The minimum absolute atomic E-state index is 0.0123. The van der Waals surface area contributed by atoms with Gasteiger partial charge < -0.3 is 34.5 Å². The van der Waals surface area contributed by atoms with E-state index in [0.29, 0.717) is 38.6 Å². The van der Waals surface area contributed by atoms with Crippen molar-refractivity contribution in [2.24, 2.45) is 29.6 Å². The van der Waals surface area contributed by atoms with Gasteiger partial charge in [-0.3, -0.25) is 19.2 Å². The van der Waals surface area contributed by atoms with Crippen LogP contribution in [0.25, 0.3) is 0 Å². The molecule has 3 amide bonds. The molecule has 0 radical (unpaired) electrons. The van der Waals surface area contributed by atoms with Gasteiger partial charge in [-0.25, -0.2) is 9.59 Å². The van der Waals surface area contributed by atoms with Crippen LogP contribution in [-0.2, 0) is 38.2 Å². The summed E-state index contributed by atoms with van der Waals surface area (Å²) in [6, 6.07) is -2.21. The number of amides is 3. The molecule has 1 saturated heterocycles. The number of nitrogens with zero attached hydrogens (tertiary/aromatic N) is 1. The van der Waals surface area contributed by atoms with Crippen molar-refractivity contribution in [1.29, 1.82) is 0 Å². The number of hydrogen-bond acceptors (Lipinski definition) is 10.